The first-order valence-corrected chi connectivity index (χ1v) is 53.8. The van der Waals surface area contributed by atoms with Crippen LogP contribution in [0.25, 0.3) is 0 Å². The van der Waals surface area contributed by atoms with E-state index in [2.05, 4.69) is 27.7 Å². The van der Waals surface area contributed by atoms with E-state index in [-0.39, 0.29) is 85.1 Å². The van der Waals surface area contributed by atoms with Gasteiger partial charge in [-0.25, -0.2) is 0 Å². The number of amides is 4. The molecule has 0 radical (unpaired) electrons. The number of carbonyl (C=O) groups is 10. The summed E-state index contributed by atoms with van der Waals surface area (Å²) in [6, 6.07) is -1.85. The predicted octanol–water partition coefficient (Wildman–Crippen LogP) is 20.6. The van der Waals surface area contributed by atoms with Gasteiger partial charge in [0.25, 0.3) is 0 Å². The summed E-state index contributed by atoms with van der Waals surface area (Å²) < 4.78 is 22.8. The van der Waals surface area contributed by atoms with Gasteiger partial charge in [0.15, 0.2) is 11.6 Å². The summed E-state index contributed by atoms with van der Waals surface area (Å²) in [5.74, 6) is -2.19. The van der Waals surface area contributed by atoms with Crippen LogP contribution in [0.3, 0.4) is 0 Å². The zero-order valence-corrected chi connectivity index (χ0v) is 80.9. The molecule has 2 aliphatic rings. The number of carbonyl (C=O) groups excluding carboxylic acids is 10. The Labute approximate surface area is 759 Å². The van der Waals surface area contributed by atoms with Gasteiger partial charge in [-0.1, -0.05) is 349 Å². The van der Waals surface area contributed by atoms with Crippen molar-refractivity contribution in [3.8, 4) is 0 Å². The molecule has 2 heterocycles. The van der Waals surface area contributed by atoms with Crippen LogP contribution in [0, 0.1) is 0 Å². The zero-order chi connectivity index (χ0) is 89.5. The number of likely N-dealkylation sites (tertiary alicyclic amines) is 2. The van der Waals surface area contributed by atoms with Crippen molar-refractivity contribution in [2.24, 2.45) is 34.4 Å². The third-order valence-electron chi connectivity index (χ3n) is 23.1. The number of nitrogens with two attached hydrogens (primary N) is 6. The van der Waals surface area contributed by atoms with E-state index in [4.69, 9.17) is 53.3 Å². The van der Waals surface area contributed by atoms with Crippen molar-refractivity contribution in [1.29, 1.82) is 0 Å². The first kappa shape index (κ1) is 117. The summed E-state index contributed by atoms with van der Waals surface area (Å²) in [6.07, 6.45) is 68.4. The normalized spacial score (nSPS) is 15.6. The molecule has 22 nitrogen and oxygen atoms in total. The van der Waals surface area contributed by atoms with Crippen LogP contribution in [0.5, 0.6) is 0 Å². The SMILES string of the molecule is CCCCCCCCCCCCCCCC(=O)OC[C@H](CSC[C@H](N)C(=O)C(N)SC1CC(=O)N(CCCCCN)C1=O)OC(=O)CCCCCCCCCCCCCCC.CCCCCCCCCCCCCCCC(=O)OC[C@H](CSC[C@H](N)C(=O)C(N)SC1CC(=O)N(CCCCCN)C1=O)OC(=O)CCCCCCCCCCCCCCC. The Hall–Kier alpha value is -3.34. The highest BCUT2D eigenvalue weighted by Crippen LogP contribution is 2.31. The van der Waals surface area contributed by atoms with Crippen molar-refractivity contribution in [2.45, 2.75) is 484 Å². The molecule has 0 aromatic rings. The number of unbranched alkanes of at least 4 members (excludes halogenated alkanes) is 52. The van der Waals surface area contributed by atoms with Gasteiger partial charge in [0.1, 0.15) is 36.2 Å². The number of imide groups is 2. The predicted molar refractivity (Wildman–Crippen MR) is 511 cm³/mol. The first-order chi connectivity index (χ1) is 59.3. The van der Waals surface area contributed by atoms with Crippen LogP contribution in [0.15, 0.2) is 0 Å². The van der Waals surface area contributed by atoms with Gasteiger partial charge in [-0.15, -0.1) is 23.5 Å². The van der Waals surface area contributed by atoms with E-state index in [0.717, 1.165) is 126 Å². The van der Waals surface area contributed by atoms with Crippen LogP contribution < -0.4 is 34.4 Å². The number of nitrogens with zero attached hydrogens (tertiary/aromatic N) is 2. The molecular formula is C96H180N8O14S4. The average Bonchev–Trinajstić information content (AvgIpc) is 1.68. The minimum absolute atomic E-state index is 0.00971. The smallest absolute Gasteiger partial charge is 0.306 e. The topological polar surface area (TPSA) is 370 Å². The second-order valence-corrected chi connectivity index (χ2v) is 39.5. The maximum absolute atomic E-state index is 13.1. The molecule has 0 aromatic carbocycles. The molecule has 2 aliphatic heterocycles. The lowest BCUT2D eigenvalue weighted by Crippen LogP contribution is -2.44. The summed E-state index contributed by atoms with van der Waals surface area (Å²) in [6.45, 7) is 10.7. The Morgan fingerprint density at radius 3 is 0.770 bits per heavy atom. The van der Waals surface area contributed by atoms with Crippen LogP contribution in [-0.2, 0) is 66.9 Å². The van der Waals surface area contributed by atoms with Crippen LogP contribution in [0.4, 0.5) is 0 Å². The van der Waals surface area contributed by atoms with E-state index in [1.165, 1.54) is 290 Å². The Bertz CT molecular complexity index is 2470. The number of rotatable bonds is 88. The standard InChI is InChI=1S/2C48H90N4O7S2/c2*1-3-5-7-9-11-13-15-17-19-21-23-25-28-32-44(54)58-37-40(59-45(55)33-29-26-24-22-20-18-16-14-12-10-8-6-4-2)38-60-39-41(50)46(56)47(51)61-42-36-43(53)52(48(42)57)35-31-27-30-34-49/h2*40-42,47H,3-39,49-51H2,1-2H3/t2*40-,41+,42?,47?/m11/s1. The number of thioether (sulfide) groups is 4. The summed E-state index contributed by atoms with van der Waals surface area (Å²) in [5.41, 5.74) is 36.0. The maximum Gasteiger partial charge on any atom is 0.306 e. The molecule has 0 spiro atoms. The number of esters is 4. The molecule has 26 heteroatoms. The number of ketones is 2. The molecule has 0 aliphatic carbocycles. The van der Waals surface area contributed by atoms with Gasteiger partial charge in [0, 0.05) is 74.6 Å². The van der Waals surface area contributed by atoms with Crippen molar-refractivity contribution in [3.05, 3.63) is 0 Å². The van der Waals surface area contributed by atoms with E-state index in [0.29, 0.717) is 76.2 Å². The van der Waals surface area contributed by atoms with Crippen molar-refractivity contribution >= 4 is 106 Å². The van der Waals surface area contributed by atoms with Crippen molar-refractivity contribution in [3.63, 3.8) is 0 Å². The quantitative estimate of drug-likeness (QED) is 0.0108. The molecule has 2 fully saturated rings. The molecular weight excluding hydrogens is 1620 g/mol. The average molecular weight is 1800 g/mol. The van der Waals surface area contributed by atoms with Gasteiger partial charge in [0.05, 0.1) is 22.6 Å². The number of hydrogen-bond donors (Lipinski definition) is 6. The minimum Gasteiger partial charge on any atom is -0.462 e. The molecule has 2 saturated heterocycles. The monoisotopic (exact) mass is 1800 g/mol. The summed E-state index contributed by atoms with van der Waals surface area (Å²) in [7, 11) is 0. The lowest BCUT2D eigenvalue weighted by molar-refractivity contribution is -0.157. The highest BCUT2D eigenvalue weighted by atomic mass is 32.2. The van der Waals surface area contributed by atoms with Crippen LogP contribution in [0.1, 0.15) is 439 Å². The van der Waals surface area contributed by atoms with Crippen molar-refractivity contribution < 1.29 is 66.9 Å². The minimum atomic E-state index is -1.06. The van der Waals surface area contributed by atoms with Gasteiger partial charge in [-0.3, -0.25) is 57.7 Å². The van der Waals surface area contributed by atoms with Gasteiger partial charge in [-0.2, -0.15) is 23.5 Å². The Morgan fingerprint density at radius 1 is 0.311 bits per heavy atom. The molecule has 12 N–H and O–H groups in total. The van der Waals surface area contributed by atoms with Crippen LogP contribution >= 0.6 is 47.0 Å². The van der Waals surface area contributed by atoms with E-state index >= 15 is 0 Å². The highest BCUT2D eigenvalue weighted by Gasteiger charge is 2.42. The molecule has 4 unspecified atom stereocenters. The largest absolute Gasteiger partial charge is 0.462 e. The van der Waals surface area contributed by atoms with Gasteiger partial charge < -0.3 is 53.3 Å². The maximum atomic E-state index is 13.1. The fourth-order valence-corrected chi connectivity index (χ4v) is 19.5. The number of Topliss-reactive ketones (excluding diaryl/α,β-unsaturated/α-hetero) is 2. The molecule has 0 bridgehead atoms. The molecule has 4 amide bonds. The third kappa shape index (κ3) is 65.2. The Morgan fingerprint density at radius 2 is 0.533 bits per heavy atom. The van der Waals surface area contributed by atoms with Crippen molar-refractivity contribution in [1.82, 2.24) is 9.80 Å². The highest BCUT2D eigenvalue weighted by molar-refractivity contribution is 8.02. The van der Waals surface area contributed by atoms with Gasteiger partial charge >= 0.3 is 23.9 Å². The fourth-order valence-electron chi connectivity index (χ4n) is 15.3. The number of ether oxygens (including phenoxy) is 4. The second-order valence-electron chi connectivity index (χ2n) is 34.6. The van der Waals surface area contributed by atoms with E-state index in [1.54, 1.807) is 0 Å². The van der Waals surface area contributed by atoms with Gasteiger partial charge in [0.2, 0.25) is 23.6 Å². The second kappa shape index (κ2) is 83.3. The Balaban J connectivity index is 0.00000122. The van der Waals surface area contributed by atoms with Crippen LogP contribution in [0.2, 0.25) is 0 Å². The first-order valence-electron chi connectivity index (χ1n) is 49.6. The van der Waals surface area contributed by atoms with Crippen molar-refractivity contribution in [2.75, 3.05) is 62.4 Å². The molecule has 2 rings (SSSR count). The van der Waals surface area contributed by atoms with Gasteiger partial charge in [-0.05, 0) is 64.5 Å². The molecule has 8 atom stereocenters. The summed E-state index contributed by atoms with van der Waals surface area (Å²) in [5, 5.41) is -3.55. The molecule has 0 saturated carbocycles. The zero-order valence-electron chi connectivity index (χ0n) is 77.7. The third-order valence-corrected chi connectivity index (χ3v) is 27.9. The van der Waals surface area contributed by atoms with Crippen LogP contribution in [-0.4, -0.2) is 177 Å². The lowest BCUT2D eigenvalue weighted by Gasteiger charge is -2.20. The molecule has 0 aromatic heterocycles. The molecule has 712 valence electrons. The number of hydrogen-bond acceptors (Lipinski definition) is 24. The lowest BCUT2D eigenvalue weighted by atomic mass is 10.0. The summed E-state index contributed by atoms with van der Waals surface area (Å²) in [4.78, 5) is 131. The molecule has 122 heavy (non-hydrogen) atoms. The van der Waals surface area contributed by atoms with E-state index in [1.807, 2.05) is 0 Å². The fraction of sp³-hybridized carbons (Fsp3) is 0.896. The summed E-state index contributed by atoms with van der Waals surface area (Å²) >= 11 is 4.63. The Kier molecular flexibility index (Phi) is 79.6. The van der Waals surface area contributed by atoms with E-state index < -0.39 is 57.1 Å². The van der Waals surface area contributed by atoms with E-state index in [9.17, 15) is 47.9 Å².